The van der Waals surface area contributed by atoms with E-state index in [4.69, 9.17) is 0 Å². The highest BCUT2D eigenvalue weighted by atomic mass is 127. The first-order valence-electron chi connectivity index (χ1n) is 8.52. The van der Waals surface area contributed by atoms with Crippen molar-refractivity contribution in [2.75, 3.05) is 19.3 Å². The average Bonchev–Trinajstić information content (AvgIpc) is 3.04. The van der Waals surface area contributed by atoms with Crippen LogP contribution in [-0.4, -0.2) is 41.6 Å². The second-order valence-corrected chi connectivity index (χ2v) is 8.48. The molecule has 1 aromatic rings. The van der Waals surface area contributed by atoms with Gasteiger partial charge in [0.1, 0.15) is 0 Å². The number of nitrogens with zero attached hydrogens (tertiary/aromatic N) is 2. The van der Waals surface area contributed by atoms with Crippen molar-refractivity contribution in [3.05, 3.63) is 16.1 Å². The van der Waals surface area contributed by atoms with Gasteiger partial charge in [0.25, 0.3) is 0 Å². The van der Waals surface area contributed by atoms with Crippen LogP contribution in [0.25, 0.3) is 0 Å². The molecule has 2 N–H and O–H groups in total. The summed E-state index contributed by atoms with van der Waals surface area (Å²) in [7, 11) is 1.71. The van der Waals surface area contributed by atoms with E-state index in [0.717, 1.165) is 35.3 Å². The summed E-state index contributed by atoms with van der Waals surface area (Å²) in [6, 6.07) is 0.403. The number of hydrogen-bond donors (Lipinski definition) is 2. The van der Waals surface area contributed by atoms with Crippen molar-refractivity contribution in [3.8, 4) is 0 Å². The van der Waals surface area contributed by atoms with Crippen molar-refractivity contribution < 1.29 is 13.2 Å². The summed E-state index contributed by atoms with van der Waals surface area (Å²) in [5.74, 6) is 1.85. The molecule has 1 aromatic heterocycles. The summed E-state index contributed by atoms with van der Waals surface area (Å²) in [5.41, 5.74) is -0.809. The van der Waals surface area contributed by atoms with Crippen molar-refractivity contribution in [2.45, 2.75) is 56.5 Å². The molecule has 4 nitrogen and oxygen atoms in total. The van der Waals surface area contributed by atoms with Crippen molar-refractivity contribution in [1.29, 1.82) is 0 Å². The van der Waals surface area contributed by atoms with Crippen LogP contribution in [0.3, 0.4) is 0 Å². The maximum Gasteiger partial charge on any atom is 0.434 e. The number of aliphatic imine (C=N–C) groups is 1. The van der Waals surface area contributed by atoms with Crippen LogP contribution < -0.4 is 10.6 Å². The van der Waals surface area contributed by atoms with Crippen LogP contribution in [0.5, 0.6) is 0 Å². The van der Waals surface area contributed by atoms with Crippen molar-refractivity contribution in [3.63, 3.8) is 0 Å². The molecule has 0 saturated heterocycles. The molecule has 0 aromatic carbocycles. The highest BCUT2D eigenvalue weighted by molar-refractivity contribution is 14.0. The molecule has 1 fully saturated rings. The van der Waals surface area contributed by atoms with Gasteiger partial charge in [-0.1, -0.05) is 13.3 Å². The molecule has 2 rings (SSSR count). The monoisotopic (exact) mass is 522 g/mol. The van der Waals surface area contributed by atoms with Gasteiger partial charge in [0, 0.05) is 36.7 Å². The molecule has 2 unspecified atom stereocenters. The molecule has 0 bridgehead atoms. The lowest BCUT2D eigenvalue weighted by atomic mass is 9.95. The minimum Gasteiger partial charge on any atom is -0.356 e. The summed E-state index contributed by atoms with van der Waals surface area (Å²) in [4.78, 5) is 7.86. The molecule has 150 valence electrons. The Morgan fingerprint density at radius 1 is 1.42 bits per heavy atom. The zero-order valence-electron chi connectivity index (χ0n) is 14.9. The Morgan fingerprint density at radius 2 is 2.19 bits per heavy atom. The fourth-order valence-corrected chi connectivity index (χ4v) is 4.87. The summed E-state index contributed by atoms with van der Waals surface area (Å²) in [6.07, 6.45) is 0.817. The van der Waals surface area contributed by atoms with Crippen molar-refractivity contribution in [1.82, 2.24) is 15.6 Å². The molecule has 26 heavy (non-hydrogen) atoms. The van der Waals surface area contributed by atoms with E-state index in [1.807, 2.05) is 11.8 Å². The van der Waals surface area contributed by atoms with Crippen molar-refractivity contribution >= 4 is 53.0 Å². The van der Waals surface area contributed by atoms with Gasteiger partial charge in [0.05, 0.1) is 5.01 Å². The number of halogens is 4. The van der Waals surface area contributed by atoms with Gasteiger partial charge in [-0.15, -0.1) is 35.3 Å². The smallest absolute Gasteiger partial charge is 0.356 e. The number of nitrogens with one attached hydrogen (secondary N) is 2. The minimum atomic E-state index is -4.37. The minimum absolute atomic E-state index is 0. The molecule has 0 amide bonds. The van der Waals surface area contributed by atoms with Gasteiger partial charge in [-0.3, -0.25) is 4.99 Å². The number of aromatic nitrogens is 1. The fourth-order valence-electron chi connectivity index (χ4n) is 2.89. The van der Waals surface area contributed by atoms with E-state index in [9.17, 15) is 13.2 Å². The maximum absolute atomic E-state index is 12.6. The molecule has 1 heterocycles. The van der Waals surface area contributed by atoms with Crippen LogP contribution in [0.1, 0.15) is 43.3 Å². The molecular weight excluding hydrogens is 496 g/mol. The highest BCUT2D eigenvalue weighted by Crippen LogP contribution is 2.30. The number of hydrogen-bond acceptors (Lipinski definition) is 4. The lowest BCUT2D eigenvalue weighted by molar-refractivity contribution is -0.140. The molecule has 1 saturated carbocycles. The molecule has 0 radical (unpaired) electrons. The molecule has 0 spiro atoms. The molecule has 2 atom stereocenters. The summed E-state index contributed by atoms with van der Waals surface area (Å²) >= 11 is 3.05. The van der Waals surface area contributed by atoms with E-state index >= 15 is 0 Å². The second kappa shape index (κ2) is 11.6. The predicted molar refractivity (Wildman–Crippen MR) is 115 cm³/mol. The highest BCUT2D eigenvalue weighted by Gasteiger charge is 2.33. The summed E-state index contributed by atoms with van der Waals surface area (Å²) in [6.45, 7) is 2.69. The van der Waals surface area contributed by atoms with Gasteiger partial charge in [-0.2, -0.15) is 24.9 Å². The normalized spacial score (nSPS) is 21.2. The maximum atomic E-state index is 12.6. The first-order valence-corrected chi connectivity index (χ1v) is 10.5. The van der Waals surface area contributed by atoms with Crippen LogP contribution in [0, 0.1) is 0 Å². The van der Waals surface area contributed by atoms with E-state index in [-0.39, 0.29) is 24.0 Å². The third-order valence-corrected chi connectivity index (χ3v) is 6.21. The van der Waals surface area contributed by atoms with Gasteiger partial charge in [0.15, 0.2) is 11.7 Å². The van der Waals surface area contributed by atoms with Crippen LogP contribution >= 0.6 is 47.1 Å². The topological polar surface area (TPSA) is 49.3 Å². The number of thiazole rings is 1. The van der Waals surface area contributed by atoms with Gasteiger partial charge in [-0.05, 0) is 25.0 Å². The largest absolute Gasteiger partial charge is 0.434 e. The quantitative estimate of drug-likeness (QED) is 0.327. The summed E-state index contributed by atoms with van der Waals surface area (Å²) in [5, 5.41) is 8.86. The zero-order valence-corrected chi connectivity index (χ0v) is 18.9. The lowest BCUT2D eigenvalue weighted by Crippen LogP contribution is -2.46. The van der Waals surface area contributed by atoms with Gasteiger partial charge in [0.2, 0.25) is 0 Å². The van der Waals surface area contributed by atoms with Crippen LogP contribution in [-0.2, 0) is 12.6 Å². The molecular formula is C16H26F3IN4S2. The SMILES string of the molecule is CCSC1CCCC(NC(=NC)NCCc2nc(C(F)(F)F)cs2)C1.I. The van der Waals surface area contributed by atoms with Crippen LogP contribution in [0.4, 0.5) is 13.2 Å². The molecule has 1 aliphatic carbocycles. The number of thioether (sulfide) groups is 1. The van der Waals surface area contributed by atoms with E-state index in [1.165, 1.54) is 12.8 Å². The standard InChI is InChI=1S/C16H25F3N4S2.HI/c1-3-24-12-6-4-5-11(9-12)22-15(20-2)21-8-7-14-23-13(10-25-14)16(17,18)19;/h10-12H,3-9H2,1-2H3,(H2,20,21,22);1H. The lowest BCUT2D eigenvalue weighted by Gasteiger charge is -2.30. The van der Waals surface area contributed by atoms with Gasteiger partial charge < -0.3 is 10.6 Å². The Labute approximate surface area is 178 Å². The van der Waals surface area contributed by atoms with Gasteiger partial charge in [-0.25, -0.2) is 4.98 Å². The Kier molecular flexibility index (Phi) is 10.6. The van der Waals surface area contributed by atoms with Crippen molar-refractivity contribution in [2.24, 2.45) is 4.99 Å². The van der Waals surface area contributed by atoms with E-state index < -0.39 is 11.9 Å². The Balaban J connectivity index is 0.00000338. The van der Waals surface area contributed by atoms with Gasteiger partial charge >= 0.3 is 6.18 Å². The first-order chi connectivity index (χ1) is 11.9. The second-order valence-electron chi connectivity index (χ2n) is 5.96. The van der Waals surface area contributed by atoms with E-state index in [1.54, 1.807) is 7.05 Å². The molecule has 0 aliphatic heterocycles. The van der Waals surface area contributed by atoms with Crippen LogP contribution in [0.15, 0.2) is 10.4 Å². The summed E-state index contributed by atoms with van der Waals surface area (Å²) < 4.78 is 37.7. The Bertz CT molecular complexity index is 564. The number of alkyl halides is 3. The van der Waals surface area contributed by atoms with E-state index in [2.05, 4.69) is 27.5 Å². The zero-order chi connectivity index (χ0) is 18.3. The fraction of sp³-hybridized carbons (Fsp3) is 0.750. The Morgan fingerprint density at radius 3 is 2.81 bits per heavy atom. The third-order valence-electron chi connectivity index (χ3n) is 4.07. The predicted octanol–water partition coefficient (Wildman–Crippen LogP) is 4.55. The number of rotatable bonds is 6. The van der Waals surface area contributed by atoms with Crippen LogP contribution in [0.2, 0.25) is 0 Å². The van der Waals surface area contributed by atoms with E-state index in [0.29, 0.717) is 35.2 Å². The third kappa shape index (κ3) is 7.79. The number of guanidine groups is 1. The molecule has 10 heteroatoms. The average molecular weight is 522 g/mol. The first kappa shape index (κ1) is 23.8. The molecule has 1 aliphatic rings. The Hall–Kier alpha value is -0.230.